The van der Waals surface area contributed by atoms with Gasteiger partial charge >= 0.3 is 0 Å². The van der Waals surface area contributed by atoms with Crippen LogP contribution in [0.1, 0.15) is 45.7 Å². The summed E-state index contributed by atoms with van der Waals surface area (Å²) in [7, 11) is 0. The second kappa shape index (κ2) is 6.74. The first-order valence-corrected chi connectivity index (χ1v) is 6.58. The van der Waals surface area contributed by atoms with Crippen molar-refractivity contribution < 1.29 is 9.13 Å². The summed E-state index contributed by atoms with van der Waals surface area (Å²) in [6, 6.07) is 4.55. The van der Waals surface area contributed by atoms with Gasteiger partial charge in [0.25, 0.3) is 0 Å². The van der Waals surface area contributed by atoms with E-state index in [1.807, 2.05) is 0 Å². The Bertz CT molecular complexity index is 377. The van der Waals surface area contributed by atoms with Crippen molar-refractivity contribution in [3.63, 3.8) is 0 Å². The fraction of sp³-hybridized carbons (Fsp3) is 0.600. The van der Waals surface area contributed by atoms with Crippen LogP contribution < -0.4 is 10.5 Å². The minimum absolute atomic E-state index is 0.250. The van der Waals surface area contributed by atoms with Crippen LogP contribution in [0, 0.1) is 17.7 Å². The summed E-state index contributed by atoms with van der Waals surface area (Å²) in [4.78, 5) is 0. The largest absolute Gasteiger partial charge is 0.493 e. The van der Waals surface area contributed by atoms with Crippen LogP contribution in [-0.4, -0.2) is 6.61 Å². The Hall–Kier alpha value is -1.09. The Morgan fingerprint density at radius 3 is 2.39 bits per heavy atom. The van der Waals surface area contributed by atoms with Gasteiger partial charge in [-0.15, -0.1) is 0 Å². The molecule has 0 heterocycles. The third kappa shape index (κ3) is 4.65. The van der Waals surface area contributed by atoms with Crippen LogP contribution in [-0.2, 0) is 0 Å². The SMILES string of the molecule is CC(C)COc1ccc(F)c(C(N)CC(C)C)c1. The second-order valence-electron chi connectivity index (χ2n) is 5.62. The number of nitrogens with two attached hydrogens (primary N) is 1. The van der Waals surface area contributed by atoms with Gasteiger partial charge in [-0.1, -0.05) is 27.7 Å². The molecule has 18 heavy (non-hydrogen) atoms. The van der Waals surface area contributed by atoms with Crippen LogP contribution in [0.15, 0.2) is 18.2 Å². The zero-order chi connectivity index (χ0) is 13.7. The molecule has 0 aliphatic heterocycles. The van der Waals surface area contributed by atoms with E-state index in [4.69, 9.17) is 10.5 Å². The number of hydrogen-bond acceptors (Lipinski definition) is 2. The first kappa shape index (κ1) is 15.0. The second-order valence-corrected chi connectivity index (χ2v) is 5.62. The molecule has 0 saturated carbocycles. The van der Waals surface area contributed by atoms with Crippen molar-refractivity contribution in [2.45, 2.75) is 40.2 Å². The number of hydrogen-bond donors (Lipinski definition) is 1. The summed E-state index contributed by atoms with van der Waals surface area (Å²) in [5.41, 5.74) is 6.57. The minimum atomic E-state index is -0.271. The van der Waals surface area contributed by atoms with Gasteiger partial charge in [-0.25, -0.2) is 4.39 Å². The molecule has 0 bridgehead atoms. The summed E-state index contributed by atoms with van der Waals surface area (Å²) >= 11 is 0. The van der Waals surface area contributed by atoms with Crippen molar-refractivity contribution in [3.05, 3.63) is 29.6 Å². The molecule has 0 aliphatic carbocycles. The third-order valence-electron chi connectivity index (χ3n) is 2.68. The van der Waals surface area contributed by atoms with Gasteiger partial charge < -0.3 is 10.5 Å². The van der Waals surface area contributed by atoms with Crippen molar-refractivity contribution in [2.24, 2.45) is 17.6 Å². The molecule has 1 atom stereocenters. The van der Waals surface area contributed by atoms with Gasteiger partial charge in [0.15, 0.2) is 0 Å². The molecule has 3 heteroatoms. The zero-order valence-electron chi connectivity index (χ0n) is 11.7. The summed E-state index contributed by atoms with van der Waals surface area (Å²) in [5.74, 6) is 1.34. The predicted octanol–water partition coefficient (Wildman–Crippen LogP) is 3.91. The molecule has 102 valence electrons. The highest BCUT2D eigenvalue weighted by molar-refractivity contribution is 5.31. The molecule has 0 amide bonds. The average molecular weight is 253 g/mol. The van der Waals surface area contributed by atoms with Gasteiger partial charge in [0.2, 0.25) is 0 Å². The maximum Gasteiger partial charge on any atom is 0.128 e. The lowest BCUT2D eigenvalue weighted by atomic mass is 9.97. The van der Waals surface area contributed by atoms with E-state index >= 15 is 0 Å². The predicted molar refractivity (Wildman–Crippen MR) is 73.1 cm³/mol. The number of halogens is 1. The summed E-state index contributed by atoms with van der Waals surface area (Å²) < 4.78 is 19.3. The third-order valence-corrected chi connectivity index (χ3v) is 2.68. The summed E-state index contributed by atoms with van der Waals surface area (Å²) in [6.07, 6.45) is 0.768. The Morgan fingerprint density at radius 1 is 1.17 bits per heavy atom. The maximum atomic E-state index is 13.7. The molecule has 0 aliphatic rings. The van der Waals surface area contributed by atoms with Crippen molar-refractivity contribution in [1.29, 1.82) is 0 Å². The summed E-state index contributed by atoms with van der Waals surface area (Å²) in [5, 5.41) is 0. The van der Waals surface area contributed by atoms with E-state index in [0.29, 0.717) is 29.8 Å². The Balaban J connectivity index is 2.80. The van der Waals surface area contributed by atoms with E-state index in [2.05, 4.69) is 27.7 Å². The van der Waals surface area contributed by atoms with Crippen LogP contribution in [0.5, 0.6) is 5.75 Å². The molecule has 1 rings (SSSR count). The molecule has 0 spiro atoms. The van der Waals surface area contributed by atoms with E-state index in [0.717, 1.165) is 6.42 Å². The molecule has 2 N–H and O–H groups in total. The smallest absolute Gasteiger partial charge is 0.128 e. The fourth-order valence-electron chi connectivity index (χ4n) is 1.79. The van der Waals surface area contributed by atoms with Crippen molar-refractivity contribution in [2.75, 3.05) is 6.61 Å². The summed E-state index contributed by atoms with van der Waals surface area (Å²) in [6.45, 7) is 8.95. The standard InChI is InChI=1S/C15H24FNO/c1-10(2)7-15(17)13-8-12(5-6-14(13)16)18-9-11(3)4/h5-6,8,10-11,15H,7,9,17H2,1-4H3. The van der Waals surface area contributed by atoms with Gasteiger partial charge in [-0.2, -0.15) is 0 Å². The highest BCUT2D eigenvalue weighted by Crippen LogP contribution is 2.25. The minimum Gasteiger partial charge on any atom is -0.493 e. The fourth-order valence-corrected chi connectivity index (χ4v) is 1.79. The first-order valence-electron chi connectivity index (χ1n) is 6.58. The zero-order valence-corrected chi connectivity index (χ0v) is 11.7. The Kier molecular flexibility index (Phi) is 5.60. The van der Waals surface area contributed by atoms with Gasteiger partial charge in [0, 0.05) is 11.6 Å². The van der Waals surface area contributed by atoms with Crippen LogP contribution in [0.25, 0.3) is 0 Å². The first-order chi connectivity index (χ1) is 8.40. The quantitative estimate of drug-likeness (QED) is 0.834. The average Bonchev–Trinajstić information content (AvgIpc) is 2.26. The van der Waals surface area contributed by atoms with E-state index in [-0.39, 0.29) is 11.9 Å². The number of benzene rings is 1. The highest BCUT2D eigenvalue weighted by atomic mass is 19.1. The van der Waals surface area contributed by atoms with E-state index in [1.54, 1.807) is 12.1 Å². The van der Waals surface area contributed by atoms with E-state index < -0.39 is 0 Å². The topological polar surface area (TPSA) is 35.2 Å². The normalized spacial score (nSPS) is 13.1. The van der Waals surface area contributed by atoms with E-state index in [9.17, 15) is 4.39 Å². The van der Waals surface area contributed by atoms with E-state index in [1.165, 1.54) is 6.07 Å². The lowest BCUT2D eigenvalue weighted by Gasteiger charge is -2.17. The molecule has 2 nitrogen and oxygen atoms in total. The highest BCUT2D eigenvalue weighted by Gasteiger charge is 2.14. The number of rotatable bonds is 6. The Morgan fingerprint density at radius 2 is 1.83 bits per heavy atom. The van der Waals surface area contributed by atoms with Crippen LogP contribution in [0.2, 0.25) is 0 Å². The lowest BCUT2D eigenvalue weighted by molar-refractivity contribution is 0.270. The molecule has 1 aromatic carbocycles. The molecule has 0 radical (unpaired) electrons. The molecule has 0 fully saturated rings. The van der Waals surface area contributed by atoms with Crippen molar-refractivity contribution >= 4 is 0 Å². The van der Waals surface area contributed by atoms with Crippen LogP contribution in [0.4, 0.5) is 4.39 Å². The van der Waals surface area contributed by atoms with Crippen molar-refractivity contribution in [1.82, 2.24) is 0 Å². The van der Waals surface area contributed by atoms with Gasteiger partial charge in [0.05, 0.1) is 6.61 Å². The van der Waals surface area contributed by atoms with Crippen LogP contribution >= 0.6 is 0 Å². The van der Waals surface area contributed by atoms with Crippen molar-refractivity contribution in [3.8, 4) is 5.75 Å². The molecule has 0 saturated heterocycles. The molecule has 1 aromatic rings. The van der Waals surface area contributed by atoms with Crippen LogP contribution in [0.3, 0.4) is 0 Å². The Labute approximate surface area is 109 Å². The molecule has 1 unspecified atom stereocenters. The van der Waals surface area contributed by atoms with Gasteiger partial charge in [-0.05, 0) is 36.5 Å². The van der Waals surface area contributed by atoms with Gasteiger partial charge in [-0.3, -0.25) is 0 Å². The molecule has 0 aromatic heterocycles. The monoisotopic (exact) mass is 253 g/mol. The molecular formula is C15H24FNO. The lowest BCUT2D eigenvalue weighted by Crippen LogP contribution is -2.15. The molecular weight excluding hydrogens is 229 g/mol. The number of ether oxygens (including phenoxy) is 1. The maximum absolute atomic E-state index is 13.7. The van der Waals surface area contributed by atoms with Gasteiger partial charge in [0.1, 0.15) is 11.6 Å².